The van der Waals surface area contributed by atoms with Crippen LogP contribution in [0.2, 0.25) is 0 Å². The lowest BCUT2D eigenvalue weighted by Crippen LogP contribution is -2.42. The van der Waals surface area contributed by atoms with E-state index in [0.29, 0.717) is 25.1 Å². The molecule has 3 nitrogen and oxygen atoms in total. The molecular weight excluding hydrogens is 291 g/mol. The molecule has 2 aromatic rings. The number of hydrogen-bond acceptors (Lipinski definition) is 1. The number of urea groups is 1. The topological polar surface area (TPSA) is 41.1 Å². The van der Waals surface area contributed by atoms with E-state index in [1.165, 1.54) is 11.6 Å². The highest BCUT2D eigenvalue weighted by Crippen LogP contribution is 2.21. The molecular formula is C19H23FN2O. The third-order valence-electron chi connectivity index (χ3n) is 3.88. The first-order valence-electron chi connectivity index (χ1n) is 7.80. The number of nitrogens with one attached hydrogen (secondary N) is 2. The average molecular weight is 314 g/mol. The molecule has 0 bridgehead atoms. The minimum Gasteiger partial charge on any atom is -0.338 e. The van der Waals surface area contributed by atoms with Gasteiger partial charge < -0.3 is 10.6 Å². The maximum absolute atomic E-state index is 13.5. The molecule has 0 heterocycles. The van der Waals surface area contributed by atoms with Crippen molar-refractivity contribution in [1.29, 1.82) is 0 Å². The maximum Gasteiger partial charge on any atom is 0.314 e. The molecule has 0 spiro atoms. The maximum atomic E-state index is 13.5. The average Bonchev–Trinajstić information content (AvgIpc) is 2.56. The molecule has 0 unspecified atom stereocenters. The molecule has 2 amide bonds. The zero-order chi connectivity index (χ0) is 16.7. The van der Waals surface area contributed by atoms with Crippen LogP contribution >= 0.6 is 0 Å². The first-order valence-corrected chi connectivity index (χ1v) is 7.80. The zero-order valence-corrected chi connectivity index (χ0v) is 13.6. The summed E-state index contributed by atoms with van der Waals surface area (Å²) in [4.78, 5) is 11.9. The molecule has 122 valence electrons. The monoisotopic (exact) mass is 314 g/mol. The number of benzene rings is 2. The van der Waals surface area contributed by atoms with Crippen LogP contribution in [0.25, 0.3) is 0 Å². The second kappa shape index (κ2) is 7.77. The summed E-state index contributed by atoms with van der Waals surface area (Å²) in [5.74, 6) is -0.236. The molecule has 0 radical (unpaired) electrons. The van der Waals surface area contributed by atoms with E-state index >= 15 is 0 Å². The van der Waals surface area contributed by atoms with Crippen LogP contribution in [-0.4, -0.2) is 19.1 Å². The van der Waals surface area contributed by atoms with Crippen molar-refractivity contribution >= 4 is 6.03 Å². The van der Waals surface area contributed by atoms with Gasteiger partial charge in [-0.3, -0.25) is 0 Å². The SMILES string of the molecule is CC(C)(CNC(=O)NCCc1ccccc1F)c1ccccc1. The summed E-state index contributed by atoms with van der Waals surface area (Å²) >= 11 is 0. The molecule has 0 aromatic heterocycles. The predicted octanol–water partition coefficient (Wildman–Crippen LogP) is 3.65. The van der Waals surface area contributed by atoms with E-state index in [1.807, 2.05) is 18.2 Å². The van der Waals surface area contributed by atoms with Gasteiger partial charge in [0.2, 0.25) is 0 Å². The highest BCUT2D eigenvalue weighted by molar-refractivity contribution is 5.73. The lowest BCUT2D eigenvalue weighted by atomic mass is 9.85. The van der Waals surface area contributed by atoms with Gasteiger partial charge >= 0.3 is 6.03 Å². The van der Waals surface area contributed by atoms with E-state index in [1.54, 1.807) is 18.2 Å². The van der Waals surface area contributed by atoms with Crippen molar-refractivity contribution in [2.24, 2.45) is 0 Å². The Morgan fingerprint density at radius 3 is 2.35 bits per heavy atom. The first kappa shape index (κ1) is 17.0. The van der Waals surface area contributed by atoms with E-state index < -0.39 is 0 Å². The van der Waals surface area contributed by atoms with E-state index in [-0.39, 0.29) is 17.3 Å². The summed E-state index contributed by atoms with van der Waals surface area (Å²) in [6, 6.07) is 16.4. The van der Waals surface area contributed by atoms with Gasteiger partial charge in [-0.05, 0) is 23.6 Å². The fourth-order valence-electron chi connectivity index (χ4n) is 2.37. The third kappa shape index (κ3) is 5.09. The predicted molar refractivity (Wildman–Crippen MR) is 91.0 cm³/mol. The van der Waals surface area contributed by atoms with E-state index in [2.05, 4.69) is 36.6 Å². The van der Waals surface area contributed by atoms with Gasteiger partial charge in [0.05, 0.1) is 0 Å². The van der Waals surface area contributed by atoms with Crippen molar-refractivity contribution in [3.63, 3.8) is 0 Å². The van der Waals surface area contributed by atoms with Gasteiger partial charge in [-0.25, -0.2) is 9.18 Å². The molecule has 2 rings (SSSR count). The fraction of sp³-hybridized carbons (Fsp3) is 0.316. The van der Waals surface area contributed by atoms with Gasteiger partial charge in [0, 0.05) is 18.5 Å². The van der Waals surface area contributed by atoms with Crippen molar-refractivity contribution in [3.05, 3.63) is 71.5 Å². The lowest BCUT2D eigenvalue weighted by molar-refractivity contribution is 0.238. The molecule has 2 aromatic carbocycles. The van der Waals surface area contributed by atoms with Crippen LogP contribution in [0, 0.1) is 5.82 Å². The molecule has 2 N–H and O–H groups in total. The van der Waals surface area contributed by atoms with Crippen molar-refractivity contribution in [2.75, 3.05) is 13.1 Å². The summed E-state index contributed by atoms with van der Waals surface area (Å²) in [5, 5.41) is 5.64. The minimum atomic E-state index is -0.236. The second-order valence-corrected chi connectivity index (χ2v) is 6.20. The molecule has 0 saturated heterocycles. The minimum absolute atomic E-state index is 0.149. The van der Waals surface area contributed by atoms with Crippen LogP contribution in [0.4, 0.5) is 9.18 Å². The molecule has 4 heteroatoms. The highest BCUT2D eigenvalue weighted by Gasteiger charge is 2.20. The normalized spacial score (nSPS) is 11.1. The van der Waals surface area contributed by atoms with Crippen LogP contribution in [-0.2, 0) is 11.8 Å². The molecule has 0 aliphatic carbocycles. The Labute approximate surface area is 136 Å². The zero-order valence-electron chi connectivity index (χ0n) is 13.6. The highest BCUT2D eigenvalue weighted by atomic mass is 19.1. The Balaban J connectivity index is 1.76. The van der Waals surface area contributed by atoms with Gasteiger partial charge in [0.1, 0.15) is 5.82 Å². The molecule has 0 aliphatic heterocycles. The summed E-state index contributed by atoms with van der Waals surface area (Å²) in [6.45, 7) is 5.10. The number of amides is 2. The molecule has 0 fully saturated rings. The first-order chi connectivity index (χ1) is 11.0. The molecule has 23 heavy (non-hydrogen) atoms. The Morgan fingerprint density at radius 2 is 1.65 bits per heavy atom. The van der Waals surface area contributed by atoms with Crippen molar-refractivity contribution in [1.82, 2.24) is 10.6 Å². The number of rotatable bonds is 6. The van der Waals surface area contributed by atoms with Gasteiger partial charge in [-0.15, -0.1) is 0 Å². The summed E-state index contributed by atoms with van der Waals surface area (Å²) in [5.41, 5.74) is 1.63. The van der Waals surface area contributed by atoms with Crippen LogP contribution in [0.3, 0.4) is 0 Å². The van der Waals surface area contributed by atoms with E-state index in [9.17, 15) is 9.18 Å². The van der Waals surface area contributed by atoms with Crippen molar-refractivity contribution < 1.29 is 9.18 Å². The van der Waals surface area contributed by atoms with Crippen molar-refractivity contribution in [3.8, 4) is 0 Å². The Bertz CT molecular complexity index is 641. The third-order valence-corrected chi connectivity index (χ3v) is 3.88. The number of halogens is 1. The van der Waals surface area contributed by atoms with Gasteiger partial charge in [-0.1, -0.05) is 62.4 Å². The lowest BCUT2D eigenvalue weighted by Gasteiger charge is -2.25. The van der Waals surface area contributed by atoms with E-state index in [0.717, 1.165) is 0 Å². The summed E-state index contributed by atoms with van der Waals surface area (Å²) in [7, 11) is 0. The second-order valence-electron chi connectivity index (χ2n) is 6.20. The van der Waals surface area contributed by atoms with E-state index in [4.69, 9.17) is 0 Å². The van der Waals surface area contributed by atoms with Crippen LogP contribution < -0.4 is 10.6 Å². The standard InChI is InChI=1S/C19H23FN2O/c1-19(2,16-9-4-3-5-10-16)14-22-18(23)21-13-12-15-8-6-7-11-17(15)20/h3-11H,12-14H2,1-2H3,(H2,21,22,23). The largest absolute Gasteiger partial charge is 0.338 e. The van der Waals surface area contributed by atoms with Gasteiger partial charge in [0.15, 0.2) is 0 Å². The number of hydrogen-bond donors (Lipinski definition) is 2. The Kier molecular flexibility index (Phi) is 5.74. The smallest absolute Gasteiger partial charge is 0.314 e. The van der Waals surface area contributed by atoms with Gasteiger partial charge in [-0.2, -0.15) is 0 Å². The quantitative estimate of drug-likeness (QED) is 0.839. The number of carbonyl (C=O) groups excluding carboxylic acids is 1. The van der Waals surface area contributed by atoms with Crippen LogP contribution in [0.1, 0.15) is 25.0 Å². The molecule has 0 aliphatic rings. The summed E-state index contributed by atoms with van der Waals surface area (Å²) in [6.07, 6.45) is 0.474. The Morgan fingerprint density at radius 1 is 1.00 bits per heavy atom. The van der Waals surface area contributed by atoms with Crippen LogP contribution in [0.5, 0.6) is 0 Å². The molecule has 0 atom stereocenters. The summed E-state index contributed by atoms with van der Waals surface area (Å²) < 4.78 is 13.5. The fourth-order valence-corrected chi connectivity index (χ4v) is 2.37. The molecule has 0 saturated carbocycles. The number of carbonyl (C=O) groups is 1. The Hall–Kier alpha value is -2.36. The van der Waals surface area contributed by atoms with Crippen LogP contribution in [0.15, 0.2) is 54.6 Å². The van der Waals surface area contributed by atoms with Crippen molar-refractivity contribution in [2.45, 2.75) is 25.7 Å². The van der Waals surface area contributed by atoms with Gasteiger partial charge in [0.25, 0.3) is 0 Å².